The highest BCUT2D eigenvalue weighted by molar-refractivity contribution is 6.28. The Morgan fingerprint density at radius 1 is 1.10 bits per heavy atom. The lowest BCUT2D eigenvalue weighted by atomic mass is 9.94. The maximum Gasteiger partial charge on any atom is 0.348 e. The number of aromatic nitrogens is 4. The van der Waals surface area contributed by atoms with E-state index in [4.69, 9.17) is 21.1 Å². The van der Waals surface area contributed by atoms with Gasteiger partial charge in [-0.15, -0.1) is 0 Å². The van der Waals surface area contributed by atoms with Gasteiger partial charge in [0, 0.05) is 6.42 Å². The number of nitrogens with zero attached hydrogens (tertiary/aromatic N) is 4. The van der Waals surface area contributed by atoms with Crippen molar-refractivity contribution in [3.8, 4) is 0 Å². The Kier molecular flexibility index (Phi) is 8.02. The number of aliphatic hydroxyl groups excluding tert-OH is 2. The van der Waals surface area contributed by atoms with E-state index >= 15 is 0 Å². The highest BCUT2D eigenvalue weighted by atomic mass is 35.5. The molecule has 14 heteroatoms. The van der Waals surface area contributed by atoms with Crippen molar-refractivity contribution in [2.75, 3.05) is 6.61 Å². The van der Waals surface area contributed by atoms with Gasteiger partial charge in [-0.2, -0.15) is 4.98 Å². The predicted octanol–water partition coefficient (Wildman–Crippen LogP) is 2.14. The topological polar surface area (TPSA) is 177 Å². The molecular formula is C26H28ClFN4O8. The molecule has 1 saturated carbocycles. The van der Waals surface area contributed by atoms with Crippen molar-refractivity contribution in [3.63, 3.8) is 0 Å². The second kappa shape index (κ2) is 11.3. The van der Waals surface area contributed by atoms with Gasteiger partial charge >= 0.3 is 11.9 Å². The van der Waals surface area contributed by atoms with E-state index in [0.717, 1.165) is 37.8 Å². The van der Waals surface area contributed by atoms with Gasteiger partial charge in [0.15, 0.2) is 11.9 Å². The van der Waals surface area contributed by atoms with Gasteiger partial charge in [0.25, 0.3) is 5.60 Å². The van der Waals surface area contributed by atoms with Gasteiger partial charge in [-0.1, -0.05) is 37.8 Å². The Morgan fingerprint density at radius 2 is 1.77 bits per heavy atom. The normalized spacial score (nSPS) is 23.7. The SMILES string of the molecule is O=C(O)C(Cc1ccc(F)cc1)(OC[C@H]1O[C@@H](n2cnc3c(CC4CCCC4)nc(Cl)nc32)[C@H](O)[C@@H]1O)C(=O)O. The summed E-state index contributed by atoms with van der Waals surface area (Å²) in [6, 6.07) is 4.63. The van der Waals surface area contributed by atoms with Crippen LogP contribution in [-0.2, 0) is 31.9 Å². The molecule has 5 rings (SSSR count). The lowest BCUT2D eigenvalue weighted by molar-refractivity contribution is -0.190. The van der Waals surface area contributed by atoms with E-state index in [9.17, 15) is 34.4 Å². The number of hydrogen-bond donors (Lipinski definition) is 4. The number of rotatable bonds is 10. The van der Waals surface area contributed by atoms with Gasteiger partial charge in [-0.3, -0.25) is 4.57 Å². The third kappa shape index (κ3) is 5.39. The first-order valence-electron chi connectivity index (χ1n) is 12.8. The van der Waals surface area contributed by atoms with E-state index in [1.807, 2.05) is 0 Å². The van der Waals surface area contributed by atoms with Crippen molar-refractivity contribution in [1.82, 2.24) is 19.5 Å². The molecule has 4 atom stereocenters. The summed E-state index contributed by atoms with van der Waals surface area (Å²) < 4.78 is 25.9. The molecule has 1 aliphatic carbocycles. The van der Waals surface area contributed by atoms with Crippen LogP contribution in [0.5, 0.6) is 0 Å². The maximum atomic E-state index is 13.3. The summed E-state index contributed by atoms with van der Waals surface area (Å²) in [6.07, 6.45) is 0.294. The minimum Gasteiger partial charge on any atom is -0.479 e. The molecule has 0 spiro atoms. The summed E-state index contributed by atoms with van der Waals surface area (Å²) in [5.74, 6) is -3.71. The summed E-state index contributed by atoms with van der Waals surface area (Å²) in [5, 5.41) is 41.1. The van der Waals surface area contributed by atoms with Crippen molar-refractivity contribution in [2.24, 2.45) is 5.92 Å². The fourth-order valence-electron chi connectivity index (χ4n) is 5.39. The van der Waals surface area contributed by atoms with Crippen LogP contribution in [0.25, 0.3) is 11.2 Å². The fourth-order valence-corrected chi connectivity index (χ4v) is 5.57. The number of imidazole rings is 1. The Balaban J connectivity index is 1.36. The molecule has 0 unspecified atom stereocenters. The highest BCUT2D eigenvalue weighted by Gasteiger charge is 2.51. The van der Waals surface area contributed by atoms with Crippen molar-refractivity contribution < 1.29 is 43.9 Å². The smallest absolute Gasteiger partial charge is 0.348 e. The molecule has 2 aromatic heterocycles. The summed E-state index contributed by atoms with van der Waals surface area (Å²) in [5.41, 5.74) is -1.13. The largest absolute Gasteiger partial charge is 0.479 e. The van der Waals surface area contributed by atoms with Crippen LogP contribution in [0.3, 0.4) is 0 Å². The maximum absolute atomic E-state index is 13.3. The molecule has 2 aliphatic rings. The van der Waals surface area contributed by atoms with Crippen LogP contribution in [0.4, 0.5) is 4.39 Å². The first kappa shape index (κ1) is 28.3. The average molecular weight is 579 g/mol. The molecule has 1 saturated heterocycles. The molecule has 214 valence electrons. The summed E-state index contributed by atoms with van der Waals surface area (Å²) in [7, 11) is 0. The van der Waals surface area contributed by atoms with E-state index in [1.165, 1.54) is 23.0 Å². The first-order chi connectivity index (χ1) is 19.1. The summed E-state index contributed by atoms with van der Waals surface area (Å²) in [6.45, 7) is -0.691. The van der Waals surface area contributed by atoms with E-state index in [0.29, 0.717) is 23.5 Å². The molecule has 1 aromatic carbocycles. The molecule has 0 amide bonds. The molecule has 4 N–H and O–H groups in total. The number of aliphatic carboxylic acids is 2. The third-order valence-electron chi connectivity index (χ3n) is 7.59. The lowest BCUT2D eigenvalue weighted by Crippen LogP contribution is -2.52. The van der Waals surface area contributed by atoms with Crippen LogP contribution in [-0.4, -0.2) is 82.4 Å². The van der Waals surface area contributed by atoms with Crippen LogP contribution in [0, 0.1) is 11.7 Å². The monoisotopic (exact) mass is 578 g/mol. The number of carboxylic acid groups (broad SMARTS) is 2. The van der Waals surface area contributed by atoms with Crippen LogP contribution < -0.4 is 0 Å². The number of carbonyl (C=O) groups is 2. The number of fused-ring (bicyclic) bond motifs is 1. The molecule has 12 nitrogen and oxygen atoms in total. The Labute approximate surface area is 232 Å². The summed E-state index contributed by atoms with van der Waals surface area (Å²) >= 11 is 6.20. The number of benzene rings is 1. The lowest BCUT2D eigenvalue weighted by Gasteiger charge is -2.27. The fraction of sp³-hybridized carbons (Fsp3) is 0.500. The van der Waals surface area contributed by atoms with Crippen LogP contribution in [0.2, 0.25) is 5.28 Å². The molecule has 0 bridgehead atoms. The Morgan fingerprint density at radius 3 is 2.42 bits per heavy atom. The third-order valence-corrected chi connectivity index (χ3v) is 7.75. The standard InChI is InChI=1S/C26H28ClFN4O8/c27-25-30-16(9-13-3-1-2-4-13)18-21(31-25)32(12-29-18)22-20(34)19(33)17(40-22)11-39-26(23(35)36,24(37)38)10-14-5-7-15(28)8-6-14/h5-8,12-13,17,19-20,22,33-34H,1-4,9-11H2,(H,35,36)(H,37,38)/t17-,19-,20-,22-/m1/s1. The van der Waals surface area contributed by atoms with E-state index in [-0.39, 0.29) is 16.5 Å². The molecule has 2 fully saturated rings. The van der Waals surface area contributed by atoms with Gasteiger partial charge in [-0.05, 0) is 41.6 Å². The zero-order chi connectivity index (χ0) is 28.6. The molecule has 0 radical (unpaired) electrons. The number of aliphatic hydroxyl groups is 2. The van der Waals surface area contributed by atoms with E-state index in [2.05, 4.69) is 15.0 Å². The van der Waals surface area contributed by atoms with Gasteiger partial charge in [0.2, 0.25) is 5.28 Å². The highest BCUT2D eigenvalue weighted by Crippen LogP contribution is 2.35. The van der Waals surface area contributed by atoms with E-state index < -0.39 is 60.9 Å². The van der Waals surface area contributed by atoms with Crippen LogP contribution in [0.1, 0.15) is 43.2 Å². The number of hydrogen-bond acceptors (Lipinski definition) is 9. The van der Waals surface area contributed by atoms with Gasteiger partial charge in [-0.25, -0.2) is 23.9 Å². The number of carboxylic acids is 2. The zero-order valence-electron chi connectivity index (χ0n) is 21.2. The minimum atomic E-state index is -2.76. The van der Waals surface area contributed by atoms with Gasteiger partial charge in [0.1, 0.15) is 29.6 Å². The van der Waals surface area contributed by atoms with E-state index in [1.54, 1.807) is 0 Å². The predicted molar refractivity (Wildman–Crippen MR) is 136 cm³/mol. The Bertz CT molecular complexity index is 1380. The average Bonchev–Trinajstić information content (AvgIpc) is 3.64. The van der Waals surface area contributed by atoms with Crippen molar-refractivity contribution in [3.05, 3.63) is 53.0 Å². The zero-order valence-corrected chi connectivity index (χ0v) is 21.9. The van der Waals surface area contributed by atoms with Gasteiger partial charge in [0.05, 0.1) is 18.6 Å². The minimum absolute atomic E-state index is 0.0105. The molecule has 3 heterocycles. The summed E-state index contributed by atoms with van der Waals surface area (Å²) in [4.78, 5) is 37.2. The van der Waals surface area contributed by atoms with Crippen molar-refractivity contribution in [2.45, 2.75) is 68.7 Å². The molecule has 40 heavy (non-hydrogen) atoms. The number of ether oxygens (including phenoxy) is 2. The second-order valence-electron chi connectivity index (χ2n) is 10.2. The Hall–Kier alpha value is -3.23. The molecule has 3 aromatic rings. The second-order valence-corrected chi connectivity index (χ2v) is 10.6. The van der Waals surface area contributed by atoms with Crippen LogP contribution >= 0.6 is 11.6 Å². The van der Waals surface area contributed by atoms with Crippen LogP contribution in [0.15, 0.2) is 30.6 Å². The van der Waals surface area contributed by atoms with Crippen molar-refractivity contribution in [1.29, 1.82) is 0 Å². The number of halogens is 2. The van der Waals surface area contributed by atoms with Crippen molar-refractivity contribution >= 4 is 34.7 Å². The molecular weight excluding hydrogens is 551 g/mol. The molecule has 1 aliphatic heterocycles. The quantitative estimate of drug-likeness (QED) is 0.205. The van der Waals surface area contributed by atoms with Gasteiger partial charge < -0.3 is 29.9 Å². The first-order valence-corrected chi connectivity index (χ1v) is 13.2.